The Hall–Kier alpha value is -1.66. The summed E-state index contributed by atoms with van der Waals surface area (Å²) in [6, 6.07) is 2.44. The van der Waals surface area contributed by atoms with Crippen LogP contribution in [0.15, 0.2) is 27.6 Å². The van der Waals surface area contributed by atoms with Crippen molar-refractivity contribution >= 4 is 22.4 Å². The van der Waals surface area contributed by atoms with Gasteiger partial charge in [-0.05, 0) is 12.1 Å². The van der Waals surface area contributed by atoms with Gasteiger partial charge in [-0.15, -0.1) is 12.4 Å². The van der Waals surface area contributed by atoms with Gasteiger partial charge in [0, 0.05) is 32.2 Å². The summed E-state index contributed by atoms with van der Waals surface area (Å²) in [6.45, 7) is 1.77. The third kappa shape index (κ3) is 4.35. The molecule has 0 amide bonds. The van der Waals surface area contributed by atoms with Gasteiger partial charge < -0.3 is 10.3 Å². The number of aromatic nitrogens is 2. The van der Waals surface area contributed by atoms with E-state index >= 15 is 0 Å². The van der Waals surface area contributed by atoms with E-state index < -0.39 is 26.6 Å². The zero-order valence-corrected chi connectivity index (χ0v) is 15.3. The summed E-state index contributed by atoms with van der Waals surface area (Å²) < 4.78 is 57.9. The molecule has 1 aromatic carbocycles. The molecule has 0 aliphatic carbocycles. The summed E-state index contributed by atoms with van der Waals surface area (Å²) in [6.07, 6.45) is 0. The molecular formula is C14H18ClF2N5O3S. The molecule has 26 heavy (non-hydrogen) atoms. The van der Waals surface area contributed by atoms with Crippen molar-refractivity contribution in [3.63, 3.8) is 0 Å². The molecule has 1 saturated heterocycles. The minimum absolute atomic E-state index is 0. The summed E-state index contributed by atoms with van der Waals surface area (Å²) in [5.41, 5.74) is 5.40. The second kappa shape index (κ2) is 8.35. The number of piperazine rings is 1. The fourth-order valence-corrected chi connectivity index (χ4v) is 4.06. The predicted octanol–water partition coefficient (Wildman–Crippen LogP) is 0.735. The molecule has 1 aliphatic rings. The van der Waals surface area contributed by atoms with Gasteiger partial charge in [0.25, 0.3) is 0 Å². The molecule has 0 spiro atoms. The van der Waals surface area contributed by atoms with Crippen LogP contribution < -0.4 is 5.73 Å². The second-order valence-electron chi connectivity index (χ2n) is 5.56. The average Bonchev–Trinajstić information content (AvgIpc) is 3.02. The van der Waals surface area contributed by atoms with Crippen molar-refractivity contribution in [2.45, 2.75) is 18.0 Å². The monoisotopic (exact) mass is 409 g/mol. The molecule has 0 bridgehead atoms. The van der Waals surface area contributed by atoms with E-state index in [-0.39, 0.29) is 32.0 Å². The number of hydrogen-bond acceptors (Lipinski definition) is 7. The minimum atomic E-state index is -4.01. The van der Waals surface area contributed by atoms with Crippen LogP contribution >= 0.6 is 12.4 Å². The van der Waals surface area contributed by atoms with Gasteiger partial charge in [-0.3, -0.25) is 4.90 Å². The highest BCUT2D eigenvalue weighted by atomic mass is 35.5. The first-order valence-corrected chi connectivity index (χ1v) is 9.03. The lowest BCUT2D eigenvalue weighted by Crippen LogP contribution is -2.48. The lowest BCUT2D eigenvalue weighted by atomic mass is 10.3. The maximum Gasteiger partial charge on any atom is 0.246 e. The van der Waals surface area contributed by atoms with Gasteiger partial charge in [-0.25, -0.2) is 17.2 Å². The Morgan fingerprint density at radius 3 is 2.46 bits per heavy atom. The van der Waals surface area contributed by atoms with Gasteiger partial charge in [-0.2, -0.15) is 9.29 Å². The minimum Gasteiger partial charge on any atom is -0.338 e. The molecule has 0 radical (unpaired) electrons. The number of benzene rings is 1. The SMILES string of the molecule is Cl.NCc1nc(CN2CCN(S(=O)(=O)c3ccc(F)cc3F)CC2)no1. The van der Waals surface area contributed by atoms with E-state index in [2.05, 4.69) is 10.1 Å². The molecular weight excluding hydrogens is 392 g/mol. The number of hydrogen-bond donors (Lipinski definition) is 1. The van der Waals surface area contributed by atoms with Crippen LogP contribution in [0.1, 0.15) is 11.7 Å². The molecule has 1 aliphatic heterocycles. The summed E-state index contributed by atoms with van der Waals surface area (Å²) in [5, 5.41) is 3.79. The van der Waals surface area contributed by atoms with Crippen molar-refractivity contribution in [2.24, 2.45) is 5.73 Å². The average molecular weight is 410 g/mol. The lowest BCUT2D eigenvalue weighted by molar-refractivity contribution is 0.176. The number of sulfonamides is 1. The summed E-state index contributed by atoms with van der Waals surface area (Å²) in [5.74, 6) is -1.11. The standard InChI is InChI=1S/C14H17F2N5O3S.ClH/c15-10-1-2-12(11(16)7-10)25(22,23)21-5-3-20(4-6-21)9-13-18-14(8-17)24-19-13;/h1-2,7H,3-6,8-9,17H2;1H. The molecule has 0 saturated carbocycles. The Balaban J connectivity index is 0.00000243. The van der Waals surface area contributed by atoms with Gasteiger partial charge >= 0.3 is 0 Å². The maximum atomic E-state index is 13.8. The van der Waals surface area contributed by atoms with E-state index in [4.69, 9.17) is 10.3 Å². The Kier molecular flexibility index (Phi) is 6.64. The Morgan fingerprint density at radius 1 is 1.19 bits per heavy atom. The maximum absolute atomic E-state index is 13.8. The van der Waals surface area contributed by atoms with Crippen molar-refractivity contribution in [3.05, 3.63) is 41.5 Å². The van der Waals surface area contributed by atoms with E-state index in [1.54, 1.807) is 0 Å². The third-order valence-corrected chi connectivity index (χ3v) is 5.82. The van der Waals surface area contributed by atoms with Crippen LogP contribution in [0.2, 0.25) is 0 Å². The number of rotatable bonds is 5. The number of nitrogens with zero attached hydrogens (tertiary/aromatic N) is 4. The van der Waals surface area contributed by atoms with Gasteiger partial charge in [-0.1, -0.05) is 5.16 Å². The molecule has 1 fully saturated rings. The Bertz CT molecular complexity index is 856. The zero-order chi connectivity index (χ0) is 18.0. The molecule has 0 atom stereocenters. The lowest BCUT2D eigenvalue weighted by Gasteiger charge is -2.33. The fourth-order valence-electron chi connectivity index (χ4n) is 2.59. The summed E-state index contributed by atoms with van der Waals surface area (Å²) >= 11 is 0. The van der Waals surface area contributed by atoms with Gasteiger partial charge in [0.1, 0.15) is 16.5 Å². The highest BCUT2D eigenvalue weighted by Gasteiger charge is 2.31. The highest BCUT2D eigenvalue weighted by Crippen LogP contribution is 2.21. The van der Waals surface area contributed by atoms with Crippen LogP contribution in [-0.2, 0) is 23.1 Å². The molecule has 2 N–H and O–H groups in total. The topological polar surface area (TPSA) is 106 Å². The summed E-state index contributed by atoms with van der Waals surface area (Å²) in [4.78, 5) is 5.53. The Labute approximate surface area is 155 Å². The number of nitrogens with two attached hydrogens (primary N) is 1. The summed E-state index contributed by atoms with van der Waals surface area (Å²) in [7, 11) is -4.01. The molecule has 0 unspecified atom stereocenters. The Morgan fingerprint density at radius 2 is 1.88 bits per heavy atom. The van der Waals surface area contributed by atoms with E-state index in [0.29, 0.717) is 37.4 Å². The van der Waals surface area contributed by atoms with E-state index in [9.17, 15) is 17.2 Å². The smallest absolute Gasteiger partial charge is 0.246 e. The van der Waals surface area contributed by atoms with E-state index in [1.807, 2.05) is 4.90 Å². The van der Waals surface area contributed by atoms with Crippen LogP contribution in [0.3, 0.4) is 0 Å². The first-order chi connectivity index (χ1) is 11.9. The van der Waals surface area contributed by atoms with Crippen LogP contribution in [0, 0.1) is 11.6 Å². The second-order valence-corrected chi connectivity index (χ2v) is 7.47. The molecule has 8 nitrogen and oxygen atoms in total. The van der Waals surface area contributed by atoms with Crippen molar-refractivity contribution < 1.29 is 21.7 Å². The van der Waals surface area contributed by atoms with Crippen molar-refractivity contribution in [3.8, 4) is 0 Å². The van der Waals surface area contributed by atoms with Crippen molar-refractivity contribution in [2.75, 3.05) is 26.2 Å². The first-order valence-electron chi connectivity index (χ1n) is 7.59. The highest BCUT2D eigenvalue weighted by molar-refractivity contribution is 7.89. The largest absolute Gasteiger partial charge is 0.338 e. The first kappa shape index (κ1) is 20.6. The fraction of sp³-hybridized carbons (Fsp3) is 0.429. The zero-order valence-electron chi connectivity index (χ0n) is 13.6. The molecule has 2 heterocycles. The van der Waals surface area contributed by atoms with Crippen LogP contribution in [0.25, 0.3) is 0 Å². The van der Waals surface area contributed by atoms with Gasteiger partial charge in [0.2, 0.25) is 15.9 Å². The molecule has 1 aromatic heterocycles. The van der Waals surface area contributed by atoms with Crippen LogP contribution in [0.5, 0.6) is 0 Å². The third-order valence-electron chi connectivity index (χ3n) is 3.89. The molecule has 12 heteroatoms. The van der Waals surface area contributed by atoms with Crippen LogP contribution in [0.4, 0.5) is 8.78 Å². The van der Waals surface area contributed by atoms with Crippen molar-refractivity contribution in [1.29, 1.82) is 0 Å². The van der Waals surface area contributed by atoms with E-state index in [1.165, 1.54) is 4.31 Å². The quantitative estimate of drug-likeness (QED) is 0.776. The molecule has 2 aromatic rings. The number of halogens is 3. The predicted molar refractivity (Wildman–Crippen MR) is 89.8 cm³/mol. The van der Waals surface area contributed by atoms with Crippen LogP contribution in [-0.4, -0.2) is 53.9 Å². The van der Waals surface area contributed by atoms with Gasteiger partial charge in [0.15, 0.2) is 5.82 Å². The normalized spacial score (nSPS) is 16.4. The van der Waals surface area contributed by atoms with E-state index in [0.717, 1.165) is 12.1 Å². The van der Waals surface area contributed by atoms with Gasteiger partial charge in [0.05, 0.1) is 13.1 Å². The molecule has 144 valence electrons. The molecule has 3 rings (SSSR count). The van der Waals surface area contributed by atoms with Crippen molar-refractivity contribution in [1.82, 2.24) is 19.3 Å².